The second-order valence-corrected chi connectivity index (χ2v) is 3.65. The van der Waals surface area contributed by atoms with Crippen LogP contribution in [0.25, 0.3) is 0 Å². The molecule has 0 aromatic rings. The maximum atomic E-state index is 9.49. The quantitative estimate of drug-likeness (QED) is 0.617. The zero-order chi connectivity index (χ0) is 11.4. The van der Waals surface area contributed by atoms with E-state index >= 15 is 0 Å². The molecular weight excluding hydrogens is 184 g/mol. The van der Waals surface area contributed by atoms with Gasteiger partial charge in [-0.05, 0) is 11.8 Å². The summed E-state index contributed by atoms with van der Waals surface area (Å²) in [7, 11) is 0. The maximum Gasteiger partial charge on any atom is 0.293 e. The first-order valence-corrected chi connectivity index (χ1v) is 4.65. The highest BCUT2D eigenvalue weighted by Crippen LogP contribution is 1.89. The van der Waals surface area contributed by atoms with Crippen LogP contribution in [0.5, 0.6) is 0 Å². The fourth-order valence-corrected chi connectivity index (χ4v) is 0.463. The molecule has 0 spiro atoms. The maximum absolute atomic E-state index is 9.49. The van der Waals surface area contributed by atoms with Crippen LogP contribution in [0.15, 0.2) is 0 Å². The first-order chi connectivity index (χ1) is 6.54. The Balaban J connectivity index is 0. The van der Waals surface area contributed by atoms with Crippen molar-refractivity contribution in [1.82, 2.24) is 0 Å². The second-order valence-electron chi connectivity index (χ2n) is 3.65. The van der Waals surface area contributed by atoms with Gasteiger partial charge in [-0.2, -0.15) is 0 Å². The molecule has 0 radical (unpaired) electrons. The second kappa shape index (κ2) is 11.9. The Hall–Kier alpha value is -1.06. The summed E-state index contributed by atoms with van der Waals surface area (Å²) < 4.78 is 8.83. The van der Waals surface area contributed by atoms with E-state index in [9.17, 15) is 9.59 Å². The molecule has 4 nitrogen and oxygen atoms in total. The van der Waals surface area contributed by atoms with Crippen molar-refractivity contribution in [3.8, 4) is 0 Å². The highest BCUT2D eigenvalue weighted by molar-refractivity contribution is 5.37. The Morgan fingerprint density at radius 1 is 0.857 bits per heavy atom. The third-order valence-corrected chi connectivity index (χ3v) is 0.995. The van der Waals surface area contributed by atoms with E-state index in [1.165, 1.54) is 0 Å². The minimum Gasteiger partial charge on any atom is -0.468 e. The predicted molar refractivity (Wildman–Crippen MR) is 53.7 cm³/mol. The van der Waals surface area contributed by atoms with Gasteiger partial charge in [-0.15, -0.1) is 0 Å². The topological polar surface area (TPSA) is 52.6 Å². The van der Waals surface area contributed by atoms with E-state index in [4.69, 9.17) is 0 Å². The van der Waals surface area contributed by atoms with Crippen molar-refractivity contribution in [3.05, 3.63) is 0 Å². The molecule has 0 saturated carbocycles. The SMILES string of the molecule is CC(C)COC=O.CC(C)COC=O. The molecule has 0 aromatic carbocycles. The van der Waals surface area contributed by atoms with E-state index in [1.54, 1.807) is 0 Å². The number of rotatable bonds is 6. The minimum absolute atomic E-state index is 0.449. The summed E-state index contributed by atoms with van der Waals surface area (Å²) >= 11 is 0. The Morgan fingerprint density at radius 2 is 1.14 bits per heavy atom. The van der Waals surface area contributed by atoms with E-state index in [-0.39, 0.29) is 0 Å². The highest BCUT2D eigenvalue weighted by Gasteiger charge is 1.89. The van der Waals surface area contributed by atoms with Gasteiger partial charge < -0.3 is 9.47 Å². The molecule has 0 unspecified atom stereocenters. The van der Waals surface area contributed by atoms with Crippen molar-refractivity contribution in [2.45, 2.75) is 27.7 Å². The highest BCUT2D eigenvalue weighted by atomic mass is 16.5. The Bertz CT molecular complexity index is 116. The average Bonchev–Trinajstić information content (AvgIpc) is 2.12. The van der Waals surface area contributed by atoms with Crippen LogP contribution >= 0.6 is 0 Å². The lowest BCUT2D eigenvalue weighted by molar-refractivity contribution is -0.130. The van der Waals surface area contributed by atoms with E-state index in [2.05, 4.69) is 9.47 Å². The molecule has 0 atom stereocenters. The lowest BCUT2D eigenvalue weighted by Crippen LogP contribution is -1.98. The lowest BCUT2D eigenvalue weighted by atomic mass is 10.2. The van der Waals surface area contributed by atoms with Crippen molar-refractivity contribution >= 4 is 12.9 Å². The number of carbonyl (C=O) groups is 2. The molecule has 0 aliphatic heterocycles. The van der Waals surface area contributed by atoms with Crippen molar-refractivity contribution in [3.63, 3.8) is 0 Å². The predicted octanol–water partition coefficient (Wildman–Crippen LogP) is 1.63. The van der Waals surface area contributed by atoms with Crippen LogP contribution in [0.1, 0.15) is 27.7 Å². The lowest BCUT2D eigenvalue weighted by Gasteiger charge is -1.98. The monoisotopic (exact) mass is 204 g/mol. The van der Waals surface area contributed by atoms with Crippen LogP contribution in [-0.4, -0.2) is 26.2 Å². The Kier molecular flexibility index (Phi) is 13.1. The molecular formula is C10H20O4. The van der Waals surface area contributed by atoms with Gasteiger partial charge in [0.1, 0.15) is 0 Å². The first kappa shape index (κ1) is 15.4. The zero-order valence-electron chi connectivity index (χ0n) is 9.36. The third kappa shape index (κ3) is 22.4. The van der Waals surface area contributed by atoms with Crippen LogP contribution in [0.2, 0.25) is 0 Å². The van der Waals surface area contributed by atoms with Crippen molar-refractivity contribution in [2.75, 3.05) is 13.2 Å². The van der Waals surface area contributed by atoms with Crippen LogP contribution in [-0.2, 0) is 19.1 Å². The summed E-state index contributed by atoms with van der Waals surface area (Å²) in [5.74, 6) is 0.899. The van der Waals surface area contributed by atoms with Crippen LogP contribution in [0.4, 0.5) is 0 Å². The van der Waals surface area contributed by atoms with E-state index < -0.39 is 0 Å². The molecule has 0 N–H and O–H groups in total. The Morgan fingerprint density at radius 3 is 1.21 bits per heavy atom. The molecule has 4 heteroatoms. The van der Waals surface area contributed by atoms with Gasteiger partial charge in [-0.1, -0.05) is 27.7 Å². The largest absolute Gasteiger partial charge is 0.468 e. The Labute approximate surface area is 85.6 Å². The van der Waals surface area contributed by atoms with Gasteiger partial charge in [-0.3, -0.25) is 9.59 Å². The summed E-state index contributed by atoms with van der Waals surface area (Å²) in [5.41, 5.74) is 0. The number of hydrogen-bond acceptors (Lipinski definition) is 4. The standard InChI is InChI=1S/2C5H10O2/c2*1-5(2)3-7-4-6/h2*4-5H,3H2,1-2H3. The van der Waals surface area contributed by atoms with Crippen molar-refractivity contribution in [1.29, 1.82) is 0 Å². The van der Waals surface area contributed by atoms with Gasteiger partial charge in [0.25, 0.3) is 12.9 Å². The molecule has 0 saturated heterocycles. The molecule has 0 aromatic heterocycles. The van der Waals surface area contributed by atoms with Crippen LogP contribution < -0.4 is 0 Å². The summed E-state index contributed by atoms with van der Waals surface area (Å²) in [6.07, 6.45) is 0. The van der Waals surface area contributed by atoms with Crippen LogP contribution in [0.3, 0.4) is 0 Å². The minimum atomic E-state index is 0.449. The molecule has 0 aliphatic carbocycles. The molecule has 0 aliphatic rings. The average molecular weight is 204 g/mol. The molecule has 14 heavy (non-hydrogen) atoms. The van der Waals surface area contributed by atoms with Gasteiger partial charge in [0.2, 0.25) is 0 Å². The van der Waals surface area contributed by atoms with Gasteiger partial charge in [-0.25, -0.2) is 0 Å². The smallest absolute Gasteiger partial charge is 0.293 e. The fraction of sp³-hybridized carbons (Fsp3) is 0.800. The molecule has 0 heterocycles. The number of hydrogen-bond donors (Lipinski definition) is 0. The normalized spacial score (nSPS) is 9.00. The molecule has 0 amide bonds. The summed E-state index contributed by atoms with van der Waals surface area (Å²) in [4.78, 5) is 19.0. The van der Waals surface area contributed by atoms with Gasteiger partial charge in [0.05, 0.1) is 13.2 Å². The summed E-state index contributed by atoms with van der Waals surface area (Å²) in [5, 5.41) is 0. The van der Waals surface area contributed by atoms with E-state index in [1.807, 2.05) is 27.7 Å². The molecule has 0 fully saturated rings. The van der Waals surface area contributed by atoms with Crippen molar-refractivity contribution < 1.29 is 19.1 Å². The van der Waals surface area contributed by atoms with Gasteiger partial charge in [0.15, 0.2) is 0 Å². The summed E-state index contributed by atoms with van der Waals surface area (Å²) in [6.45, 7) is 9.97. The van der Waals surface area contributed by atoms with E-state index in [0.717, 1.165) is 0 Å². The molecule has 0 rings (SSSR count). The third-order valence-electron chi connectivity index (χ3n) is 0.995. The first-order valence-electron chi connectivity index (χ1n) is 4.65. The number of ether oxygens (including phenoxy) is 2. The summed E-state index contributed by atoms with van der Waals surface area (Å²) in [6, 6.07) is 0. The fourth-order valence-electron chi connectivity index (χ4n) is 0.463. The molecule has 0 bridgehead atoms. The zero-order valence-corrected chi connectivity index (χ0v) is 9.36. The van der Waals surface area contributed by atoms with E-state index in [0.29, 0.717) is 38.0 Å². The van der Waals surface area contributed by atoms with Crippen molar-refractivity contribution in [2.24, 2.45) is 11.8 Å². The van der Waals surface area contributed by atoms with Gasteiger partial charge in [0, 0.05) is 0 Å². The molecule has 84 valence electrons. The van der Waals surface area contributed by atoms with Crippen LogP contribution in [0, 0.1) is 11.8 Å². The van der Waals surface area contributed by atoms with Gasteiger partial charge >= 0.3 is 0 Å². The number of carbonyl (C=O) groups excluding carboxylic acids is 2.